The lowest BCUT2D eigenvalue weighted by Crippen LogP contribution is -2.36. The van der Waals surface area contributed by atoms with Crippen LogP contribution in [-0.4, -0.2) is 60.9 Å². The summed E-state index contributed by atoms with van der Waals surface area (Å²) < 4.78 is 0. The van der Waals surface area contributed by atoms with Crippen LogP contribution in [0.1, 0.15) is 194 Å². The van der Waals surface area contributed by atoms with Gasteiger partial charge in [0.1, 0.15) is 0 Å². The molecule has 0 aliphatic rings. The molecule has 302 valence electrons. The second-order valence-electron chi connectivity index (χ2n) is 14.7. The maximum atomic E-state index is 13.1. The number of unbranched alkanes of at least 4 members (excludes halogenated alkanes) is 17. The van der Waals surface area contributed by atoms with Crippen LogP contribution in [0.4, 0.5) is 0 Å². The predicted octanol–water partition coefficient (Wildman–Crippen LogP) is 11.7. The maximum absolute atomic E-state index is 13.1. The van der Waals surface area contributed by atoms with E-state index in [0.717, 1.165) is 103 Å². The molecule has 0 aromatic rings. The van der Waals surface area contributed by atoms with E-state index in [9.17, 15) is 9.59 Å². The van der Waals surface area contributed by atoms with Crippen LogP contribution >= 0.6 is 0 Å². The summed E-state index contributed by atoms with van der Waals surface area (Å²) in [4.78, 5) is 30.2. The summed E-state index contributed by atoms with van der Waals surface area (Å²) in [6.07, 6.45) is 49.4. The average molecular weight is 727 g/mol. The number of hydrogen-bond acceptors (Lipinski definition) is 4. The lowest BCUT2D eigenvalue weighted by atomic mass is 10.1. The number of allylic oxidation sites excluding steroid dienone is 8. The largest absolute Gasteiger partial charge is 0.343 e. The van der Waals surface area contributed by atoms with Crippen LogP contribution in [0.25, 0.3) is 0 Å². The van der Waals surface area contributed by atoms with Crippen molar-refractivity contribution in [3.8, 4) is 0 Å². The van der Waals surface area contributed by atoms with E-state index >= 15 is 0 Å². The van der Waals surface area contributed by atoms with Crippen molar-refractivity contribution in [1.29, 1.82) is 0 Å². The van der Waals surface area contributed by atoms with Gasteiger partial charge in [0.05, 0.1) is 0 Å². The molecule has 4 N–H and O–H groups in total. The molecular formula is C46H86N4O2. The van der Waals surface area contributed by atoms with Crippen LogP contribution in [0.15, 0.2) is 48.6 Å². The minimum absolute atomic E-state index is 0.261. The van der Waals surface area contributed by atoms with E-state index < -0.39 is 0 Å². The number of carbonyl (C=O) groups excluding carboxylic acids is 2. The molecule has 0 aromatic heterocycles. The molecule has 0 saturated heterocycles. The van der Waals surface area contributed by atoms with Crippen LogP contribution in [-0.2, 0) is 9.59 Å². The molecule has 0 bridgehead atoms. The van der Waals surface area contributed by atoms with Gasteiger partial charge in [0.2, 0.25) is 11.8 Å². The summed E-state index contributed by atoms with van der Waals surface area (Å²) in [5, 5.41) is 0. The van der Waals surface area contributed by atoms with Crippen molar-refractivity contribution in [3.63, 3.8) is 0 Å². The molecule has 0 saturated carbocycles. The highest BCUT2D eigenvalue weighted by atomic mass is 16.2. The molecule has 0 aliphatic heterocycles. The first-order valence-corrected chi connectivity index (χ1v) is 22.2. The van der Waals surface area contributed by atoms with Crippen molar-refractivity contribution in [1.82, 2.24) is 9.80 Å². The zero-order valence-electron chi connectivity index (χ0n) is 34.5. The minimum Gasteiger partial charge on any atom is -0.343 e. The first-order chi connectivity index (χ1) is 25.6. The van der Waals surface area contributed by atoms with Crippen LogP contribution in [0.5, 0.6) is 0 Å². The highest BCUT2D eigenvalue weighted by molar-refractivity contribution is 5.76. The van der Waals surface area contributed by atoms with Crippen LogP contribution < -0.4 is 11.5 Å². The van der Waals surface area contributed by atoms with Crippen LogP contribution in [0.2, 0.25) is 0 Å². The monoisotopic (exact) mass is 727 g/mol. The van der Waals surface area contributed by atoms with Crippen molar-refractivity contribution in [2.45, 2.75) is 194 Å². The van der Waals surface area contributed by atoms with Gasteiger partial charge in [-0.1, -0.05) is 127 Å². The Labute approximate surface area is 323 Å². The summed E-state index contributed by atoms with van der Waals surface area (Å²) in [6.45, 7) is 8.67. The van der Waals surface area contributed by atoms with Crippen LogP contribution in [0, 0.1) is 0 Å². The van der Waals surface area contributed by atoms with Gasteiger partial charge in [-0.3, -0.25) is 9.59 Å². The number of nitrogens with zero attached hydrogens (tertiary/aromatic N) is 2. The fourth-order valence-corrected chi connectivity index (χ4v) is 6.38. The van der Waals surface area contributed by atoms with Gasteiger partial charge >= 0.3 is 0 Å². The number of rotatable bonds is 39. The Bertz CT molecular complexity index is 825. The Kier molecular flexibility index (Phi) is 39.8. The summed E-state index contributed by atoms with van der Waals surface area (Å²) in [7, 11) is 0. The highest BCUT2D eigenvalue weighted by Gasteiger charge is 2.15. The molecule has 0 spiro atoms. The van der Waals surface area contributed by atoms with Crippen LogP contribution in [0.3, 0.4) is 0 Å². The lowest BCUT2D eigenvalue weighted by molar-refractivity contribution is -0.133. The highest BCUT2D eigenvalue weighted by Crippen LogP contribution is 2.13. The molecule has 0 rings (SSSR count). The van der Waals surface area contributed by atoms with Crippen molar-refractivity contribution < 1.29 is 9.59 Å². The average Bonchev–Trinajstić information content (AvgIpc) is 3.15. The third-order valence-electron chi connectivity index (χ3n) is 9.76. The first kappa shape index (κ1) is 49.8. The van der Waals surface area contributed by atoms with Gasteiger partial charge in [0, 0.05) is 39.0 Å². The van der Waals surface area contributed by atoms with Gasteiger partial charge in [-0.05, 0) is 116 Å². The van der Waals surface area contributed by atoms with E-state index in [1.165, 1.54) is 89.9 Å². The minimum atomic E-state index is 0.261. The molecule has 0 fully saturated rings. The fourth-order valence-electron chi connectivity index (χ4n) is 6.38. The number of hydrogen-bond donors (Lipinski definition) is 2. The molecule has 52 heavy (non-hydrogen) atoms. The second-order valence-corrected chi connectivity index (χ2v) is 14.7. The number of nitrogens with two attached hydrogens (primary N) is 2. The van der Waals surface area contributed by atoms with E-state index in [1.807, 2.05) is 9.80 Å². The Morgan fingerprint density at radius 1 is 0.385 bits per heavy atom. The maximum Gasteiger partial charge on any atom is 0.222 e. The zero-order valence-corrected chi connectivity index (χ0v) is 34.5. The molecule has 6 nitrogen and oxygen atoms in total. The standard InChI is InChI=1S/C46H86N4O2/c1-3-5-7-9-11-13-15-17-19-21-23-25-27-29-31-37-45(51)49(43-35-39-47)41-33-34-42-50(44-36-40-48)46(52)38-32-30-28-26-24-22-20-18-16-14-12-10-8-6-4-2/h11-14,17-20H,3-10,15-16,21-44,47-48H2,1-2H3/b13-11-,14-12-,19-17-,20-18-. The Hall–Kier alpha value is -2.18. The Morgan fingerprint density at radius 2 is 0.692 bits per heavy atom. The first-order valence-electron chi connectivity index (χ1n) is 22.2. The molecule has 0 aliphatic carbocycles. The van der Waals surface area contributed by atoms with E-state index in [0.29, 0.717) is 25.9 Å². The SMILES string of the molecule is CCCCC/C=C\C/C=C\CCCCCCCC(=O)N(CCCN)CCCCN(CCCN)C(=O)CCCCCCC/C=C\C/C=C\CCCCC. The summed E-state index contributed by atoms with van der Waals surface area (Å²) in [5.74, 6) is 0.521. The summed E-state index contributed by atoms with van der Waals surface area (Å²) >= 11 is 0. The van der Waals surface area contributed by atoms with Gasteiger partial charge < -0.3 is 21.3 Å². The molecule has 0 radical (unpaired) electrons. The molecule has 0 heterocycles. The van der Waals surface area contributed by atoms with Crippen molar-refractivity contribution >= 4 is 11.8 Å². The van der Waals surface area contributed by atoms with E-state index in [-0.39, 0.29) is 11.8 Å². The van der Waals surface area contributed by atoms with Crippen molar-refractivity contribution in [2.75, 3.05) is 39.3 Å². The van der Waals surface area contributed by atoms with Gasteiger partial charge in [-0.25, -0.2) is 0 Å². The fraction of sp³-hybridized carbons (Fsp3) is 0.783. The number of amides is 2. The second kappa shape index (κ2) is 41.6. The smallest absolute Gasteiger partial charge is 0.222 e. The zero-order chi connectivity index (χ0) is 38.0. The van der Waals surface area contributed by atoms with Gasteiger partial charge in [0.15, 0.2) is 0 Å². The summed E-state index contributed by atoms with van der Waals surface area (Å²) in [6, 6.07) is 0. The quantitative estimate of drug-likeness (QED) is 0.0487. The van der Waals surface area contributed by atoms with Gasteiger partial charge in [-0.15, -0.1) is 0 Å². The third-order valence-corrected chi connectivity index (χ3v) is 9.76. The Balaban J connectivity index is 4.19. The third kappa shape index (κ3) is 34.9. The number of carbonyl (C=O) groups is 2. The van der Waals surface area contributed by atoms with E-state index in [1.54, 1.807) is 0 Å². The molecule has 2 amide bonds. The Morgan fingerprint density at radius 3 is 1.04 bits per heavy atom. The summed E-state index contributed by atoms with van der Waals surface area (Å²) in [5.41, 5.74) is 11.6. The molecule has 0 aromatic carbocycles. The normalized spacial score (nSPS) is 12.0. The van der Waals surface area contributed by atoms with Gasteiger partial charge in [-0.2, -0.15) is 0 Å². The van der Waals surface area contributed by atoms with Gasteiger partial charge in [0.25, 0.3) is 0 Å². The lowest BCUT2D eigenvalue weighted by Gasteiger charge is -2.25. The molecular weight excluding hydrogens is 641 g/mol. The van der Waals surface area contributed by atoms with Crippen molar-refractivity contribution in [3.05, 3.63) is 48.6 Å². The van der Waals surface area contributed by atoms with E-state index in [4.69, 9.17) is 11.5 Å². The molecule has 0 unspecified atom stereocenters. The van der Waals surface area contributed by atoms with Crippen molar-refractivity contribution in [2.24, 2.45) is 11.5 Å². The molecule has 0 atom stereocenters. The molecule has 6 heteroatoms. The topological polar surface area (TPSA) is 92.7 Å². The van der Waals surface area contributed by atoms with E-state index in [2.05, 4.69) is 62.5 Å². The predicted molar refractivity (Wildman–Crippen MR) is 228 cm³/mol.